The summed E-state index contributed by atoms with van der Waals surface area (Å²) in [4.78, 5) is 15.4. The van der Waals surface area contributed by atoms with Crippen molar-refractivity contribution in [2.75, 3.05) is 6.61 Å². The average molecular weight is 301 g/mol. The molecular formula is C16H19N3O3. The van der Waals surface area contributed by atoms with Crippen LogP contribution in [-0.2, 0) is 4.79 Å². The molecule has 0 bridgehead atoms. The third-order valence-corrected chi connectivity index (χ3v) is 4.13. The Balaban J connectivity index is 1.54. The highest BCUT2D eigenvalue weighted by Crippen LogP contribution is 2.29. The number of carboxylic acids is 1. The van der Waals surface area contributed by atoms with E-state index < -0.39 is 5.97 Å². The molecule has 0 amide bonds. The van der Waals surface area contributed by atoms with E-state index in [1.807, 2.05) is 18.2 Å². The van der Waals surface area contributed by atoms with Crippen molar-refractivity contribution in [1.82, 2.24) is 15.2 Å². The van der Waals surface area contributed by atoms with Crippen LogP contribution in [0.25, 0.3) is 11.4 Å². The maximum atomic E-state index is 11.1. The number of aliphatic carboxylic acids is 1. The van der Waals surface area contributed by atoms with Crippen LogP contribution in [0.3, 0.4) is 0 Å². The lowest BCUT2D eigenvalue weighted by Crippen LogP contribution is -2.26. The van der Waals surface area contributed by atoms with Gasteiger partial charge in [-0.05, 0) is 43.4 Å². The van der Waals surface area contributed by atoms with Gasteiger partial charge in [0.2, 0.25) is 0 Å². The zero-order valence-electron chi connectivity index (χ0n) is 12.2. The van der Waals surface area contributed by atoms with E-state index in [-0.39, 0.29) is 5.92 Å². The number of carboxylic acid groups (broad SMARTS) is 1. The number of hydrogen-bond donors (Lipinski definition) is 2. The predicted octanol–water partition coefficient (Wildman–Crippen LogP) is 2.74. The van der Waals surface area contributed by atoms with Gasteiger partial charge in [0.15, 0.2) is 0 Å². The molecule has 0 spiro atoms. The van der Waals surface area contributed by atoms with Crippen LogP contribution in [0.4, 0.5) is 0 Å². The molecule has 6 nitrogen and oxygen atoms in total. The van der Waals surface area contributed by atoms with Crippen LogP contribution in [0, 0.1) is 11.8 Å². The van der Waals surface area contributed by atoms with Gasteiger partial charge in [-0.1, -0.05) is 6.42 Å². The summed E-state index contributed by atoms with van der Waals surface area (Å²) in [5.41, 5.74) is 1.68. The van der Waals surface area contributed by atoms with Gasteiger partial charge < -0.3 is 9.84 Å². The first kappa shape index (κ1) is 14.6. The Morgan fingerprint density at radius 2 is 2.27 bits per heavy atom. The van der Waals surface area contributed by atoms with Crippen molar-refractivity contribution in [2.24, 2.45) is 11.8 Å². The Bertz CT molecular complexity index is 610. The molecule has 2 aromatic heterocycles. The lowest BCUT2D eigenvalue weighted by molar-refractivity contribution is -0.143. The van der Waals surface area contributed by atoms with Crippen molar-refractivity contribution in [2.45, 2.75) is 25.7 Å². The van der Waals surface area contributed by atoms with E-state index in [9.17, 15) is 4.79 Å². The first-order valence-electron chi connectivity index (χ1n) is 7.54. The third kappa shape index (κ3) is 3.44. The summed E-state index contributed by atoms with van der Waals surface area (Å²) in [5, 5.41) is 15.9. The quantitative estimate of drug-likeness (QED) is 0.886. The average Bonchev–Trinajstić information content (AvgIpc) is 3.08. The minimum atomic E-state index is -0.685. The summed E-state index contributed by atoms with van der Waals surface area (Å²) in [6.45, 7) is 0.550. The molecule has 3 rings (SSSR count). The van der Waals surface area contributed by atoms with E-state index >= 15 is 0 Å². The molecule has 0 radical (unpaired) electrons. The Kier molecular flexibility index (Phi) is 4.37. The molecule has 1 saturated carbocycles. The van der Waals surface area contributed by atoms with Crippen LogP contribution >= 0.6 is 0 Å². The second-order valence-corrected chi connectivity index (χ2v) is 5.73. The second kappa shape index (κ2) is 6.60. The zero-order chi connectivity index (χ0) is 15.4. The lowest BCUT2D eigenvalue weighted by Gasteiger charge is -2.26. The molecule has 1 aliphatic carbocycles. The molecular weight excluding hydrogens is 282 g/mol. The minimum absolute atomic E-state index is 0.219. The van der Waals surface area contributed by atoms with Gasteiger partial charge in [-0.25, -0.2) is 0 Å². The Morgan fingerprint density at radius 1 is 1.36 bits per heavy atom. The smallest absolute Gasteiger partial charge is 0.306 e. The highest BCUT2D eigenvalue weighted by atomic mass is 16.5. The first-order valence-corrected chi connectivity index (χ1v) is 7.54. The van der Waals surface area contributed by atoms with Crippen LogP contribution in [0.15, 0.2) is 30.6 Å². The largest absolute Gasteiger partial charge is 0.492 e. The molecule has 6 heteroatoms. The van der Waals surface area contributed by atoms with Crippen molar-refractivity contribution in [3.05, 3.63) is 30.6 Å². The summed E-state index contributed by atoms with van der Waals surface area (Å²) in [5.74, 6) is 0.112. The van der Waals surface area contributed by atoms with E-state index in [4.69, 9.17) is 9.84 Å². The van der Waals surface area contributed by atoms with Gasteiger partial charge in [0.05, 0.1) is 30.1 Å². The van der Waals surface area contributed by atoms with Crippen molar-refractivity contribution in [1.29, 1.82) is 0 Å². The number of nitrogens with zero attached hydrogens (tertiary/aromatic N) is 2. The maximum absolute atomic E-state index is 11.1. The standard InChI is InChI=1S/C16H19N3O3/c20-16(21)12-3-1-2-11(8-12)10-22-13-4-5-14(17-9-13)15-6-7-18-19-15/h4-7,9,11-12H,1-3,8,10H2,(H,18,19)(H,20,21)/t11-,12-/m0/s1. The maximum Gasteiger partial charge on any atom is 0.306 e. The van der Waals surface area contributed by atoms with Gasteiger partial charge >= 0.3 is 5.97 Å². The van der Waals surface area contributed by atoms with Gasteiger partial charge in [-0.2, -0.15) is 5.10 Å². The summed E-state index contributed by atoms with van der Waals surface area (Å²) in [7, 11) is 0. The van der Waals surface area contributed by atoms with Crippen LogP contribution in [0.5, 0.6) is 5.75 Å². The molecule has 0 saturated heterocycles. The number of rotatable bonds is 5. The lowest BCUT2D eigenvalue weighted by atomic mass is 9.82. The van der Waals surface area contributed by atoms with Crippen molar-refractivity contribution in [3.8, 4) is 17.1 Å². The monoisotopic (exact) mass is 301 g/mol. The van der Waals surface area contributed by atoms with Crippen LogP contribution in [0.1, 0.15) is 25.7 Å². The number of H-pyrrole nitrogens is 1. The number of nitrogens with one attached hydrogen (secondary N) is 1. The number of aromatic nitrogens is 3. The molecule has 2 heterocycles. The van der Waals surface area contributed by atoms with Gasteiger partial charge in [0, 0.05) is 6.20 Å². The number of ether oxygens (including phenoxy) is 1. The molecule has 1 fully saturated rings. The van der Waals surface area contributed by atoms with E-state index in [1.54, 1.807) is 12.4 Å². The van der Waals surface area contributed by atoms with Crippen LogP contribution in [-0.4, -0.2) is 32.9 Å². The van der Waals surface area contributed by atoms with Gasteiger partial charge in [-0.15, -0.1) is 0 Å². The molecule has 0 unspecified atom stereocenters. The molecule has 22 heavy (non-hydrogen) atoms. The summed E-state index contributed by atoms with van der Waals surface area (Å²) in [6.07, 6.45) is 6.85. The first-order chi connectivity index (χ1) is 10.7. The number of hydrogen-bond acceptors (Lipinski definition) is 4. The second-order valence-electron chi connectivity index (χ2n) is 5.73. The predicted molar refractivity (Wildman–Crippen MR) is 80.4 cm³/mol. The van der Waals surface area contributed by atoms with Crippen LogP contribution in [0.2, 0.25) is 0 Å². The number of pyridine rings is 1. The fraction of sp³-hybridized carbons (Fsp3) is 0.438. The van der Waals surface area contributed by atoms with Crippen molar-refractivity contribution in [3.63, 3.8) is 0 Å². The Hall–Kier alpha value is -2.37. The topological polar surface area (TPSA) is 88.1 Å². The van der Waals surface area contributed by atoms with Crippen molar-refractivity contribution >= 4 is 5.97 Å². The fourth-order valence-corrected chi connectivity index (χ4v) is 2.90. The highest BCUT2D eigenvalue weighted by Gasteiger charge is 2.27. The van der Waals surface area contributed by atoms with Crippen LogP contribution < -0.4 is 4.74 Å². The number of carbonyl (C=O) groups is 1. The zero-order valence-corrected chi connectivity index (χ0v) is 12.2. The Labute approximate surface area is 128 Å². The SMILES string of the molecule is O=C(O)[C@H]1CCC[C@H](COc2ccc(-c3ccn[nH]3)nc2)C1. The Morgan fingerprint density at radius 3 is 2.95 bits per heavy atom. The minimum Gasteiger partial charge on any atom is -0.492 e. The molecule has 0 aliphatic heterocycles. The molecule has 2 N–H and O–H groups in total. The highest BCUT2D eigenvalue weighted by molar-refractivity contribution is 5.70. The number of aromatic amines is 1. The summed E-state index contributed by atoms with van der Waals surface area (Å²) >= 11 is 0. The van der Waals surface area contributed by atoms with E-state index in [2.05, 4.69) is 15.2 Å². The molecule has 1 aliphatic rings. The van der Waals surface area contributed by atoms with E-state index in [0.29, 0.717) is 24.7 Å². The van der Waals surface area contributed by atoms with Gasteiger partial charge in [-0.3, -0.25) is 14.9 Å². The third-order valence-electron chi connectivity index (χ3n) is 4.13. The molecule has 2 atom stereocenters. The van der Waals surface area contributed by atoms with Crippen molar-refractivity contribution < 1.29 is 14.6 Å². The van der Waals surface area contributed by atoms with E-state index in [1.165, 1.54) is 0 Å². The molecule has 2 aromatic rings. The molecule has 0 aromatic carbocycles. The summed E-state index contributed by atoms with van der Waals surface area (Å²) < 4.78 is 5.76. The fourth-order valence-electron chi connectivity index (χ4n) is 2.90. The van der Waals surface area contributed by atoms with E-state index in [0.717, 1.165) is 30.7 Å². The normalized spacial score (nSPS) is 21.5. The molecule has 116 valence electrons. The van der Waals surface area contributed by atoms with Gasteiger partial charge in [0.1, 0.15) is 5.75 Å². The van der Waals surface area contributed by atoms with Gasteiger partial charge in [0.25, 0.3) is 0 Å². The summed E-state index contributed by atoms with van der Waals surface area (Å²) in [6, 6.07) is 5.61.